The summed E-state index contributed by atoms with van der Waals surface area (Å²) in [6, 6.07) is 5.75. The van der Waals surface area contributed by atoms with Crippen LogP contribution in [0.3, 0.4) is 0 Å². The number of hydrogen-bond donors (Lipinski definition) is 2. The molecule has 2 rings (SSSR count). The number of hydrogen-bond acceptors (Lipinski definition) is 2. The molecule has 19 heavy (non-hydrogen) atoms. The third kappa shape index (κ3) is 3.71. The average Bonchev–Trinajstić information content (AvgIpc) is 2.90. The molecule has 104 valence electrons. The van der Waals surface area contributed by atoms with Gasteiger partial charge in [-0.15, -0.1) is 0 Å². The van der Waals surface area contributed by atoms with Gasteiger partial charge in [-0.3, -0.25) is 4.79 Å². The van der Waals surface area contributed by atoms with Gasteiger partial charge in [-0.2, -0.15) is 0 Å². The lowest BCUT2D eigenvalue weighted by Gasteiger charge is -2.20. The zero-order valence-electron chi connectivity index (χ0n) is 11.3. The van der Waals surface area contributed by atoms with Crippen molar-refractivity contribution in [3.05, 3.63) is 34.3 Å². The Labute approximate surface area is 119 Å². The number of rotatable bonds is 5. The van der Waals surface area contributed by atoms with Crippen LogP contribution >= 0.6 is 11.6 Å². The summed E-state index contributed by atoms with van der Waals surface area (Å²) in [5.74, 6) is 0.337. The van der Waals surface area contributed by atoms with Gasteiger partial charge in [0.2, 0.25) is 5.91 Å². The van der Waals surface area contributed by atoms with E-state index in [1.807, 2.05) is 6.07 Å². The molecule has 3 nitrogen and oxygen atoms in total. The van der Waals surface area contributed by atoms with E-state index in [0.29, 0.717) is 16.6 Å². The van der Waals surface area contributed by atoms with E-state index in [9.17, 15) is 4.79 Å². The van der Waals surface area contributed by atoms with E-state index in [-0.39, 0.29) is 0 Å². The summed E-state index contributed by atoms with van der Waals surface area (Å²) in [6.07, 6.45) is 5.35. The summed E-state index contributed by atoms with van der Waals surface area (Å²) in [7, 11) is 0. The second kappa shape index (κ2) is 6.40. The van der Waals surface area contributed by atoms with Crippen LogP contribution in [0.1, 0.15) is 48.5 Å². The molecule has 1 saturated carbocycles. The number of halogens is 1. The van der Waals surface area contributed by atoms with Crippen molar-refractivity contribution in [2.24, 2.45) is 11.7 Å². The summed E-state index contributed by atoms with van der Waals surface area (Å²) in [4.78, 5) is 11.1. The molecule has 1 amide bonds. The predicted octanol–water partition coefficient (Wildman–Crippen LogP) is 3.11. The summed E-state index contributed by atoms with van der Waals surface area (Å²) >= 11 is 6.17. The van der Waals surface area contributed by atoms with Gasteiger partial charge in [-0.05, 0) is 43.4 Å². The molecule has 0 saturated heterocycles. The highest BCUT2D eigenvalue weighted by Gasteiger charge is 2.21. The van der Waals surface area contributed by atoms with Gasteiger partial charge >= 0.3 is 0 Å². The van der Waals surface area contributed by atoms with E-state index in [4.69, 9.17) is 17.3 Å². The minimum atomic E-state index is -0.444. The van der Waals surface area contributed by atoms with Crippen molar-refractivity contribution in [1.29, 1.82) is 0 Å². The molecule has 3 N–H and O–H groups in total. The lowest BCUT2D eigenvalue weighted by molar-refractivity contribution is 0.100. The third-order valence-electron chi connectivity index (χ3n) is 4.06. The Balaban J connectivity index is 1.93. The molecule has 1 fully saturated rings. The van der Waals surface area contributed by atoms with Gasteiger partial charge in [0.25, 0.3) is 0 Å². The van der Waals surface area contributed by atoms with Crippen LogP contribution in [0.5, 0.6) is 0 Å². The van der Waals surface area contributed by atoms with E-state index in [2.05, 4.69) is 12.2 Å². The monoisotopic (exact) mass is 280 g/mol. The van der Waals surface area contributed by atoms with Gasteiger partial charge in [0.15, 0.2) is 0 Å². The summed E-state index contributed by atoms with van der Waals surface area (Å²) < 4.78 is 0. The maximum atomic E-state index is 11.1. The first-order valence-corrected chi connectivity index (χ1v) is 7.27. The molecule has 1 aromatic rings. The number of nitrogens with two attached hydrogens (primary N) is 1. The fraction of sp³-hybridized carbons (Fsp3) is 0.533. The highest BCUT2D eigenvalue weighted by atomic mass is 35.5. The van der Waals surface area contributed by atoms with Gasteiger partial charge in [-0.1, -0.05) is 30.5 Å². The highest BCUT2D eigenvalue weighted by Crippen LogP contribution is 2.28. The van der Waals surface area contributed by atoms with Gasteiger partial charge in [-0.25, -0.2) is 0 Å². The van der Waals surface area contributed by atoms with E-state index in [0.717, 1.165) is 18.0 Å². The van der Waals surface area contributed by atoms with Crippen molar-refractivity contribution in [3.63, 3.8) is 0 Å². The normalized spacial score (nSPS) is 17.6. The molecule has 1 aromatic carbocycles. The Morgan fingerprint density at radius 3 is 2.74 bits per heavy atom. The van der Waals surface area contributed by atoms with Crippen molar-refractivity contribution in [2.45, 2.75) is 45.2 Å². The topological polar surface area (TPSA) is 55.1 Å². The minimum absolute atomic E-state index is 0.444. The van der Waals surface area contributed by atoms with Crippen LogP contribution in [-0.4, -0.2) is 11.9 Å². The largest absolute Gasteiger partial charge is 0.366 e. The Hall–Kier alpha value is -1.06. The SMILES string of the molecule is C[C@H](NCc1ccc(C(N)=O)cc1Cl)C1CCCC1. The first-order chi connectivity index (χ1) is 9.08. The van der Waals surface area contributed by atoms with E-state index >= 15 is 0 Å². The summed E-state index contributed by atoms with van der Waals surface area (Å²) in [5, 5.41) is 4.13. The molecular formula is C15H21ClN2O. The van der Waals surface area contributed by atoms with Crippen molar-refractivity contribution in [2.75, 3.05) is 0 Å². The fourth-order valence-electron chi connectivity index (χ4n) is 2.74. The van der Waals surface area contributed by atoms with Crippen LogP contribution in [-0.2, 0) is 6.54 Å². The highest BCUT2D eigenvalue weighted by molar-refractivity contribution is 6.31. The number of amides is 1. The van der Waals surface area contributed by atoms with Crippen LogP contribution in [0.2, 0.25) is 5.02 Å². The van der Waals surface area contributed by atoms with Gasteiger partial charge in [0.1, 0.15) is 0 Å². The Morgan fingerprint density at radius 1 is 1.47 bits per heavy atom. The zero-order chi connectivity index (χ0) is 13.8. The van der Waals surface area contributed by atoms with Crippen LogP contribution < -0.4 is 11.1 Å². The minimum Gasteiger partial charge on any atom is -0.366 e. The van der Waals surface area contributed by atoms with Gasteiger partial charge in [0, 0.05) is 23.2 Å². The third-order valence-corrected chi connectivity index (χ3v) is 4.41. The van der Waals surface area contributed by atoms with E-state index in [1.165, 1.54) is 25.7 Å². The first kappa shape index (κ1) is 14.4. The number of carbonyl (C=O) groups excluding carboxylic acids is 1. The maximum absolute atomic E-state index is 11.1. The second-order valence-corrected chi connectivity index (χ2v) is 5.79. The first-order valence-electron chi connectivity index (χ1n) is 6.89. The number of carbonyl (C=O) groups is 1. The molecule has 0 spiro atoms. The predicted molar refractivity (Wildman–Crippen MR) is 78.2 cm³/mol. The molecule has 1 aliphatic rings. The van der Waals surface area contributed by atoms with Crippen LogP contribution in [0.4, 0.5) is 0 Å². The van der Waals surface area contributed by atoms with Crippen molar-refractivity contribution < 1.29 is 4.79 Å². The van der Waals surface area contributed by atoms with E-state index < -0.39 is 5.91 Å². The quantitative estimate of drug-likeness (QED) is 0.871. The number of nitrogens with one attached hydrogen (secondary N) is 1. The van der Waals surface area contributed by atoms with Crippen LogP contribution in [0.15, 0.2) is 18.2 Å². The van der Waals surface area contributed by atoms with Gasteiger partial charge in [0.05, 0.1) is 0 Å². The van der Waals surface area contributed by atoms with Crippen molar-refractivity contribution in [1.82, 2.24) is 5.32 Å². The number of benzene rings is 1. The maximum Gasteiger partial charge on any atom is 0.248 e. The zero-order valence-corrected chi connectivity index (χ0v) is 12.0. The molecule has 1 aliphatic carbocycles. The molecule has 0 heterocycles. The standard InChI is InChI=1S/C15H21ClN2O/c1-10(11-4-2-3-5-11)18-9-13-7-6-12(15(17)19)8-14(13)16/h6-8,10-11,18H,2-5,9H2,1H3,(H2,17,19)/t10-/m0/s1. The molecule has 0 unspecified atom stereocenters. The Bertz CT molecular complexity index is 455. The number of primary amides is 1. The lowest BCUT2D eigenvalue weighted by Crippen LogP contribution is -2.31. The molecular weight excluding hydrogens is 260 g/mol. The molecule has 1 atom stereocenters. The second-order valence-electron chi connectivity index (χ2n) is 5.38. The summed E-state index contributed by atoms with van der Waals surface area (Å²) in [6.45, 7) is 2.97. The molecule has 0 radical (unpaired) electrons. The molecule has 0 aromatic heterocycles. The molecule has 4 heteroatoms. The molecule has 0 aliphatic heterocycles. The van der Waals surface area contributed by atoms with Crippen molar-refractivity contribution >= 4 is 17.5 Å². The van der Waals surface area contributed by atoms with Crippen LogP contribution in [0.25, 0.3) is 0 Å². The van der Waals surface area contributed by atoms with Gasteiger partial charge < -0.3 is 11.1 Å². The summed E-state index contributed by atoms with van der Waals surface area (Å²) in [5.41, 5.74) is 6.69. The van der Waals surface area contributed by atoms with E-state index in [1.54, 1.807) is 12.1 Å². The molecule has 0 bridgehead atoms. The van der Waals surface area contributed by atoms with Crippen LogP contribution in [0, 0.1) is 5.92 Å². The Morgan fingerprint density at radius 2 is 2.16 bits per heavy atom. The fourth-order valence-corrected chi connectivity index (χ4v) is 2.99. The average molecular weight is 281 g/mol. The van der Waals surface area contributed by atoms with Crippen molar-refractivity contribution in [3.8, 4) is 0 Å². The Kier molecular flexibility index (Phi) is 4.83. The lowest BCUT2D eigenvalue weighted by atomic mass is 9.99. The smallest absolute Gasteiger partial charge is 0.248 e.